The van der Waals surface area contributed by atoms with Gasteiger partial charge in [0, 0.05) is 17.9 Å². The second kappa shape index (κ2) is 9.77. The van der Waals surface area contributed by atoms with Crippen LogP contribution in [0.2, 0.25) is 0 Å². The zero-order valence-corrected chi connectivity index (χ0v) is 16.3. The van der Waals surface area contributed by atoms with Crippen LogP contribution in [0.5, 0.6) is 11.5 Å². The van der Waals surface area contributed by atoms with E-state index in [0.29, 0.717) is 48.3 Å². The molecule has 0 aliphatic heterocycles. The van der Waals surface area contributed by atoms with E-state index in [2.05, 4.69) is 5.32 Å². The van der Waals surface area contributed by atoms with Crippen molar-refractivity contribution in [3.8, 4) is 11.5 Å². The monoisotopic (exact) mass is 390 g/mol. The van der Waals surface area contributed by atoms with E-state index >= 15 is 0 Å². The Hall–Kier alpha value is -3.03. The van der Waals surface area contributed by atoms with Gasteiger partial charge in [-0.2, -0.15) is 0 Å². The van der Waals surface area contributed by atoms with E-state index in [0.717, 1.165) is 0 Å². The van der Waals surface area contributed by atoms with Crippen LogP contribution >= 0.6 is 0 Å². The van der Waals surface area contributed by atoms with Crippen molar-refractivity contribution < 1.29 is 28.6 Å². The van der Waals surface area contributed by atoms with Crippen molar-refractivity contribution in [2.75, 3.05) is 20.8 Å². The number of hydrogen-bond donors (Lipinski definition) is 1. The molecular weight excluding hydrogens is 366 g/mol. The molecule has 0 saturated heterocycles. The fraction of sp³-hybridized carbons (Fsp3) is 0.450. The van der Waals surface area contributed by atoms with E-state index in [1.165, 1.54) is 14.2 Å². The largest absolute Gasteiger partial charge is 0.550 e. The lowest BCUT2D eigenvalue weighted by atomic mass is 10.0. The Morgan fingerprint density at radius 1 is 1.14 bits per heavy atom. The molecule has 1 amide bonds. The molecule has 1 aromatic heterocycles. The van der Waals surface area contributed by atoms with E-state index in [4.69, 9.17) is 13.9 Å². The second-order valence-electron chi connectivity index (χ2n) is 6.38. The van der Waals surface area contributed by atoms with Gasteiger partial charge in [0.05, 0.1) is 26.2 Å². The minimum atomic E-state index is -1.07. The Morgan fingerprint density at radius 2 is 1.89 bits per heavy atom. The van der Waals surface area contributed by atoms with Gasteiger partial charge in [-0.05, 0) is 43.9 Å². The third kappa shape index (κ3) is 5.03. The number of carboxylic acids is 1. The highest BCUT2D eigenvalue weighted by Crippen LogP contribution is 2.36. The van der Waals surface area contributed by atoms with Crippen molar-refractivity contribution in [1.82, 2.24) is 5.32 Å². The number of carbonyl (C=O) groups excluding carboxylic acids is 2. The molecule has 8 heteroatoms. The van der Waals surface area contributed by atoms with E-state index in [1.54, 1.807) is 19.1 Å². The van der Waals surface area contributed by atoms with Gasteiger partial charge in [0.1, 0.15) is 0 Å². The number of unbranched alkanes of at least 4 members (excludes halogenated alkanes) is 2. The predicted octanol–water partition coefficient (Wildman–Crippen LogP) is 1.09. The lowest BCUT2D eigenvalue weighted by Gasteiger charge is -2.13. The molecule has 0 spiro atoms. The molecule has 28 heavy (non-hydrogen) atoms. The summed E-state index contributed by atoms with van der Waals surface area (Å²) in [6.45, 7) is 2.17. The quantitative estimate of drug-likeness (QED) is 0.476. The number of aryl methyl sites for hydroxylation is 1. The van der Waals surface area contributed by atoms with Gasteiger partial charge in [-0.3, -0.25) is 4.79 Å². The zero-order valence-electron chi connectivity index (χ0n) is 16.3. The van der Waals surface area contributed by atoms with Crippen LogP contribution < -0.4 is 25.5 Å². The molecule has 152 valence electrons. The second-order valence-corrected chi connectivity index (χ2v) is 6.38. The Kier molecular flexibility index (Phi) is 7.43. The van der Waals surface area contributed by atoms with E-state index in [-0.39, 0.29) is 29.9 Å². The molecule has 0 aliphatic rings. The maximum absolute atomic E-state index is 12.4. The summed E-state index contributed by atoms with van der Waals surface area (Å²) >= 11 is 0. The van der Waals surface area contributed by atoms with Crippen LogP contribution in [0.3, 0.4) is 0 Å². The van der Waals surface area contributed by atoms with Gasteiger partial charge in [-0.15, -0.1) is 0 Å². The average Bonchev–Trinajstić information content (AvgIpc) is 2.66. The van der Waals surface area contributed by atoms with Crippen molar-refractivity contribution in [3.05, 3.63) is 33.7 Å². The lowest BCUT2D eigenvalue weighted by molar-refractivity contribution is -0.305. The Balaban J connectivity index is 2.10. The fourth-order valence-corrected chi connectivity index (χ4v) is 2.99. The molecule has 0 bridgehead atoms. The molecule has 1 heterocycles. The fourth-order valence-electron chi connectivity index (χ4n) is 2.99. The van der Waals surface area contributed by atoms with Gasteiger partial charge in [0.25, 0.3) is 0 Å². The molecule has 2 aromatic rings. The number of benzene rings is 1. The van der Waals surface area contributed by atoms with Gasteiger partial charge in [-0.1, -0.05) is 6.42 Å². The number of carboxylic acid groups (broad SMARTS) is 1. The van der Waals surface area contributed by atoms with Crippen LogP contribution in [0, 0.1) is 6.92 Å². The summed E-state index contributed by atoms with van der Waals surface area (Å²) in [4.78, 5) is 35.0. The first kappa shape index (κ1) is 21.3. The smallest absolute Gasteiger partial charge is 0.340 e. The highest BCUT2D eigenvalue weighted by molar-refractivity contribution is 5.89. The first-order valence-corrected chi connectivity index (χ1v) is 9.02. The number of fused-ring (bicyclic) bond motifs is 1. The molecule has 1 N–H and O–H groups in total. The van der Waals surface area contributed by atoms with Crippen LogP contribution in [0.1, 0.15) is 36.8 Å². The minimum absolute atomic E-state index is 0.0134. The van der Waals surface area contributed by atoms with Crippen molar-refractivity contribution >= 4 is 22.8 Å². The Bertz CT molecular complexity index is 917. The number of rotatable bonds is 10. The Labute approximate surface area is 162 Å². The zero-order chi connectivity index (χ0) is 20.7. The van der Waals surface area contributed by atoms with Gasteiger partial charge in [0.15, 0.2) is 11.3 Å². The van der Waals surface area contributed by atoms with Gasteiger partial charge < -0.3 is 29.1 Å². The van der Waals surface area contributed by atoms with Crippen LogP contribution in [0.25, 0.3) is 11.0 Å². The molecule has 0 saturated carbocycles. The molecule has 0 unspecified atom stereocenters. The van der Waals surface area contributed by atoms with Crippen molar-refractivity contribution in [2.24, 2.45) is 0 Å². The summed E-state index contributed by atoms with van der Waals surface area (Å²) in [6, 6.07) is 3.47. The summed E-state index contributed by atoms with van der Waals surface area (Å²) in [5.74, 6) is -0.596. The number of ether oxygens (including phenoxy) is 2. The summed E-state index contributed by atoms with van der Waals surface area (Å²) in [5, 5.41) is 13.7. The number of nitrogens with one attached hydrogen (secondary N) is 1. The average molecular weight is 390 g/mol. The molecule has 0 radical (unpaired) electrons. The topological polar surface area (TPSA) is 118 Å². The van der Waals surface area contributed by atoms with Crippen LogP contribution in [-0.4, -0.2) is 32.6 Å². The summed E-state index contributed by atoms with van der Waals surface area (Å²) in [5.41, 5.74) is 0.618. The lowest BCUT2D eigenvalue weighted by Crippen LogP contribution is -2.28. The molecular formula is C20H24NO7-. The number of carbonyl (C=O) groups is 2. The molecule has 0 atom stereocenters. The maximum Gasteiger partial charge on any atom is 0.340 e. The van der Waals surface area contributed by atoms with Crippen molar-refractivity contribution in [1.29, 1.82) is 0 Å². The van der Waals surface area contributed by atoms with Gasteiger partial charge in [-0.25, -0.2) is 4.79 Å². The van der Waals surface area contributed by atoms with Crippen LogP contribution in [0.4, 0.5) is 0 Å². The highest BCUT2D eigenvalue weighted by atomic mass is 16.5. The minimum Gasteiger partial charge on any atom is -0.550 e. The molecule has 0 fully saturated rings. The normalized spacial score (nSPS) is 10.7. The van der Waals surface area contributed by atoms with Crippen LogP contribution in [-0.2, 0) is 16.0 Å². The third-order valence-electron chi connectivity index (χ3n) is 4.52. The number of aliphatic carboxylic acids is 1. The van der Waals surface area contributed by atoms with Gasteiger partial charge in [0.2, 0.25) is 11.7 Å². The highest BCUT2D eigenvalue weighted by Gasteiger charge is 2.19. The number of hydrogen-bond acceptors (Lipinski definition) is 7. The van der Waals surface area contributed by atoms with E-state index in [9.17, 15) is 19.5 Å². The molecule has 2 rings (SSSR count). The third-order valence-corrected chi connectivity index (χ3v) is 4.52. The number of amides is 1. The molecule has 1 aromatic carbocycles. The summed E-state index contributed by atoms with van der Waals surface area (Å²) in [7, 11) is 2.95. The molecule has 8 nitrogen and oxygen atoms in total. The van der Waals surface area contributed by atoms with Crippen LogP contribution in [0.15, 0.2) is 21.3 Å². The van der Waals surface area contributed by atoms with Gasteiger partial charge >= 0.3 is 5.63 Å². The molecule has 0 aliphatic carbocycles. The SMILES string of the molecule is COc1ccc2c(C)c(CC(=O)NCCCCCC(=O)[O-])c(=O)oc2c1OC. The van der Waals surface area contributed by atoms with E-state index < -0.39 is 11.6 Å². The van der Waals surface area contributed by atoms with Crippen molar-refractivity contribution in [2.45, 2.75) is 39.0 Å². The first-order chi connectivity index (χ1) is 13.4. The van der Waals surface area contributed by atoms with E-state index in [1.807, 2.05) is 0 Å². The summed E-state index contributed by atoms with van der Waals surface area (Å²) < 4.78 is 15.9. The maximum atomic E-state index is 12.4. The first-order valence-electron chi connectivity index (χ1n) is 9.02. The summed E-state index contributed by atoms with van der Waals surface area (Å²) in [6.07, 6.45) is 1.75. The predicted molar refractivity (Wildman–Crippen MR) is 101 cm³/mol. The number of methoxy groups -OCH3 is 2. The Morgan fingerprint density at radius 3 is 2.54 bits per heavy atom. The van der Waals surface area contributed by atoms with Crippen molar-refractivity contribution in [3.63, 3.8) is 0 Å². The standard InChI is InChI=1S/C20H25NO7/c1-12-13-8-9-15(26-2)19(27-3)18(13)28-20(25)14(12)11-16(22)21-10-6-4-5-7-17(23)24/h8-9H,4-7,10-11H2,1-3H3,(H,21,22)(H,23,24)/p-1.